The second-order valence-electron chi connectivity index (χ2n) is 8.71. The number of fused-ring (bicyclic) bond motifs is 1. The summed E-state index contributed by atoms with van der Waals surface area (Å²) in [6.45, 7) is 6.37. The van der Waals surface area contributed by atoms with E-state index in [-0.39, 0.29) is 12.1 Å². The van der Waals surface area contributed by atoms with Gasteiger partial charge in [0.1, 0.15) is 11.4 Å². The highest BCUT2D eigenvalue weighted by Crippen LogP contribution is 2.32. The Bertz CT molecular complexity index is 1130. The van der Waals surface area contributed by atoms with Crippen molar-refractivity contribution in [2.24, 2.45) is 0 Å². The van der Waals surface area contributed by atoms with E-state index < -0.39 is 17.3 Å². The van der Waals surface area contributed by atoms with Gasteiger partial charge in [0.05, 0.1) is 17.1 Å². The first kappa shape index (κ1) is 21.9. The molecule has 0 unspecified atom stereocenters. The molecule has 1 N–H and O–H groups in total. The minimum Gasteiger partial charge on any atom is -0.444 e. The number of aromatic nitrogens is 2. The predicted molar refractivity (Wildman–Crippen MR) is 115 cm³/mol. The number of nitrogens with zero attached hydrogens (tertiary/aromatic N) is 3. The average molecular weight is 444 g/mol. The molecule has 1 aliphatic heterocycles. The highest BCUT2D eigenvalue weighted by molar-refractivity contribution is 5.90. The van der Waals surface area contributed by atoms with E-state index in [1.54, 1.807) is 4.90 Å². The number of hydrogen-bond acceptors (Lipinski definition) is 5. The van der Waals surface area contributed by atoms with Gasteiger partial charge in [0.25, 0.3) is 0 Å². The molecule has 32 heavy (non-hydrogen) atoms. The molecule has 0 saturated carbocycles. The Hall–Kier alpha value is -3.36. The van der Waals surface area contributed by atoms with Gasteiger partial charge >= 0.3 is 12.3 Å². The van der Waals surface area contributed by atoms with Crippen molar-refractivity contribution in [2.75, 3.05) is 18.4 Å². The average Bonchev–Trinajstić information content (AvgIpc) is 2.68. The van der Waals surface area contributed by atoms with Crippen LogP contribution in [0.5, 0.6) is 0 Å². The van der Waals surface area contributed by atoms with Crippen LogP contribution in [-0.4, -0.2) is 45.7 Å². The normalized spacial score (nSPS) is 14.9. The van der Waals surface area contributed by atoms with Crippen LogP contribution in [0.15, 0.2) is 48.5 Å². The number of benzene rings is 2. The van der Waals surface area contributed by atoms with Crippen molar-refractivity contribution >= 4 is 22.8 Å². The van der Waals surface area contributed by atoms with Gasteiger partial charge in [-0.05, 0) is 45.0 Å². The number of nitrogens with one attached hydrogen (secondary N) is 1. The topological polar surface area (TPSA) is 67.3 Å². The summed E-state index contributed by atoms with van der Waals surface area (Å²) in [6.07, 6.45) is -4.77. The van der Waals surface area contributed by atoms with Crippen LogP contribution in [0, 0.1) is 0 Å². The van der Waals surface area contributed by atoms with Gasteiger partial charge < -0.3 is 15.0 Å². The van der Waals surface area contributed by atoms with Crippen molar-refractivity contribution < 1.29 is 22.7 Å². The van der Waals surface area contributed by atoms with Gasteiger partial charge in [-0.2, -0.15) is 13.2 Å². The number of halogens is 3. The highest BCUT2D eigenvalue weighted by Gasteiger charge is 2.34. The summed E-state index contributed by atoms with van der Waals surface area (Å²) in [4.78, 5) is 22.9. The molecule has 0 aliphatic carbocycles. The summed E-state index contributed by atoms with van der Waals surface area (Å²) in [5, 5.41) is 4.12. The molecular weight excluding hydrogens is 421 g/mol. The maximum atomic E-state index is 12.9. The Kier molecular flexibility index (Phi) is 5.44. The van der Waals surface area contributed by atoms with E-state index in [0.29, 0.717) is 35.8 Å². The molecule has 0 radical (unpaired) electrons. The van der Waals surface area contributed by atoms with E-state index >= 15 is 0 Å². The Labute approximate surface area is 183 Å². The largest absolute Gasteiger partial charge is 0.444 e. The van der Waals surface area contributed by atoms with Crippen molar-refractivity contribution in [1.29, 1.82) is 0 Å². The molecule has 0 atom stereocenters. The van der Waals surface area contributed by atoms with Crippen molar-refractivity contribution in [1.82, 2.24) is 14.9 Å². The Morgan fingerprint density at radius 3 is 2.31 bits per heavy atom. The zero-order chi connectivity index (χ0) is 23.1. The van der Waals surface area contributed by atoms with Crippen LogP contribution in [0.2, 0.25) is 0 Å². The lowest BCUT2D eigenvalue weighted by Gasteiger charge is -2.40. The van der Waals surface area contributed by atoms with Gasteiger partial charge in [0.2, 0.25) is 0 Å². The highest BCUT2D eigenvalue weighted by atomic mass is 19.4. The maximum Gasteiger partial charge on any atom is 0.416 e. The van der Waals surface area contributed by atoms with Crippen LogP contribution in [-0.2, 0) is 10.9 Å². The molecule has 168 valence electrons. The summed E-state index contributed by atoms with van der Waals surface area (Å²) >= 11 is 0. The second-order valence-corrected chi connectivity index (χ2v) is 8.71. The fourth-order valence-corrected chi connectivity index (χ4v) is 3.36. The molecule has 1 aromatic heterocycles. The Morgan fingerprint density at radius 2 is 1.69 bits per heavy atom. The number of anilines is 1. The predicted octanol–water partition coefficient (Wildman–Crippen LogP) is 5.35. The lowest BCUT2D eigenvalue weighted by Crippen LogP contribution is -2.58. The van der Waals surface area contributed by atoms with Crippen molar-refractivity contribution in [3.63, 3.8) is 0 Å². The standard InChI is InChI=1S/C23H23F3N4O2/c1-22(2,3)32-21(31)30-12-16(13-30)27-20-17-6-4-5-7-18(17)28-19(29-20)14-8-10-15(11-9-14)23(24,25)26/h4-11,16H,12-13H2,1-3H3,(H,27,28,29). The van der Waals surface area contributed by atoms with Crippen LogP contribution in [0.3, 0.4) is 0 Å². The molecular formula is C23H23F3N4O2. The molecule has 2 aromatic carbocycles. The van der Waals surface area contributed by atoms with E-state index in [1.165, 1.54) is 12.1 Å². The molecule has 1 saturated heterocycles. The first-order chi connectivity index (χ1) is 15.0. The van der Waals surface area contributed by atoms with E-state index in [4.69, 9.17) is 4.74 Å². The zero-order valence-corrected chi connectivity index (χ0v) is 17.9. The van der Waals surface area contributed by atoms with Gasteiger partial charge in [0, 0.05) is 24.0 Å². The fourth-order valence-electron chi connectivity index (χ4n) is 3.36. The van der Waals surface area contributed by atoms with Crippen LogP contribution >= 0.6 is 0 Å². The molecule has 6 nitrogen and oxygen atoms in total. The van der Waals surface area contributed by atoms with Gasteiger partial charge in [-0.1, -0.05) is 24.3 Å². The summed E-state index contributed by atoms with van der Waals surface area (Å²) in [5.74, 6) is 0.891. The number of hydrogen-bond donors (Lipinski definition) is 1. The lowest BCUT2D eigenvalue weighted by atomic mass is 10.1. The number of rotatable bonds is 3. The SMILES string of the molecule is CC(C)(C)OC(=O)N1CC(Nc2nc(-c3ccc(C(F)(F)F)cc3)nc3ccccc23)C1. The molecule has 4 rings (SSSR count). The summed E-state index contributed by atoms with van der Waals surface area (Å²) in [5.41, 5.74) is -0.134. The third kappa shape index (κ3) is 4.76. The quantitative estimate of drug-likeness (QED) is 0.590. The molecule has 3 aromatic rings. The number of carbonyl (C=O) groups excluding carboxylic acids is 1. The molecule has 0 bridgehead atoms. The monoisotopic (exact) mass is 444 g/mol. The molecule has 9 heteroatoms. The molecule has 2 heterocycles. The van der Waals surface area contributed by atoms with E-state index in [1.807, 2.05) is 45.0 Å². The Balaban J connectivity index is 1.55. The zero-order valence-electron chi connectivity index (χ0n) is 17.9. The molecule has 1 fully saturated rings. The number of amides is 1. The van der Waals surface area contributed by atoms with E-state index in [0.717, 1.165) is 17.5 Å². The third-order valence-corrected chi connectivity index (χ3v) is 4.95. The lowest BCUT2D eigenvalue weighted by molar-refractivity contribution is -0.137. The molecule has 1 amide bonds. The number of ether oxygens (including phenoxy) is 1. The van der Waals surface area contributed by atoms with Crippen LogP contribution in [0.1, 0.15) is 26.3 Å². The van der Waals surface area contributed by atoms with Crippen molar-refractivity contribution in [3.05, 3.63) is 54.1 Å². The number of alkyl halides is 3. The van der Waals surface area contributed by atoms with Gasteiger partial charge in [0.15, 0.2) is 5.82 Å². The smallest absolute Gasteiger partial charge is 0.416 e. The van der Waals surface area contributed by atoms with Crippen LogP contribution in [0.25, 0.3) is 22.3 Å². The van der Waals surface area contributed by atoms with E-state index in [2.05, 4.69) is 15.3 Å². The van der Waals surface area contributed by atoms with Gasteiger partial charge in [-0.25, -0.2) is 14.8 Å². The number of carbonyl (C=O) groups is 1. The molecule has 0 spiro atoms. The van der Waals surface area contributed by atoms with Crippen molar-refractivity contribution in [2.45, 2.75) is 38.6 Å². The molecule has 1 aliphatic rings. The minimum atomic E-state index is -4.40. The summed E-state index contributed by atoms with van der Waals surface area (Å²) in [7, 11) is 0. The third-order valence-electron chi connectivity index (χ3n) is 4.95. The first-order valence-corrected chi connectivity index (χ1v) is 10.2. The van der Waals surface area contributed by atoms with Crippen molar-refractivity contribution in [3.8, 4) is 11.4 Å². The number of likely N-dealkylation sites (tertiary alicyclic amines) is 1. The first-order valence-electron chi connectivity index (χ1n) is 10.2. The van der Waals surface area contributed by atoms with Gasteiger partial charge in [-0.15, -0.1) is 0 Å². The van der Waals surface area contributed by atoms with Crippen LogP contribution in [0.4, 0.5) is 23.8 Å². The maximum absolute atomic E-state index is 12.9. The summed E-state index contributed by atoms with van der Waals surface area (Å²) < 4.78 is 44.0. The minimum absolute atomic E-state index is 0.0266. The summed E-state index contributed by atoms with van der Waals surface area (Å²) in [6, 6.07) is 12.1. The Morgan fingerprint density at radius 1 is 1.03 bits per heavy atom. The second kappa shape index (κ2) is 7.96. The number of para-hydroxylation sites is 1. The fraction of sp³-hybridized carbons (Fsp3) is 0.348. The van der Waals surface area contributed by atoms with E-state index in [9.17, 15) is 18.0 Å². The van der Waals surface area contributed by atoms with Gasteiger partial charge in [-0.3, -0.25) is 0 Å². The van der Waals surface area contributed by atoms with Crippen LogP contribution < -0.4 is 5.32 Å².